The molecule has 19 heavy (non-hydrogen) atoms. The number of unbranched alkanes of at least 4 members (excludes halogenated alkanes) is 1. The number of hydrogen-bond donors (Lipinski definition) is 3. The Labute approximate surface area is 118 Å². The maximum absolute atomic E-state index is 11.7. The van der Waals surface area contributed by atoms with Gasteiger partial charge in [-0.3, -0.25) is 0 Å². The van der Waals surface area contributed by atoms with Gasteiger partial charge in [0.1, 0.15) is 0 Å². The molecule has 0 heterocycles. The number of urea groups is 1. The van der Waals surface area contributed by atoms with Crippen LogP contribution in [0.3, 0.4) is 0 Å². The summed E-state index contributed by atoms with van der Waals surface area (Å²) in [4.78, 5) is 11.7. The Morgan fingerprint density at radius 3 is 2.95 bits per heavy atom. The highest BCUT2D eigenvalue weighted by atomic mass is 35.5. The molecule has 4 N–H and O–H groups in total. The van der Waals surface area contributed by atoms with Crippen molar-refractivity contribution in [3.8, 4) is 11.8 Å². The molecule has 0 aliphatic heterocycles. The van der Waals surface area contributed by atoms with Gasteiger partial charge in [0.15, 0.2) is 0 Å². The van der Waals surface area contributed by atoms with Crippen molar-refractivity contribution >= 4 is 23.3 Å². The van der Waals surface area contributed by atoms with Crippen LogP contribution in [0.2, 0.25) is 5.02 Å². The van der Waals surface area contributed by atoms with Gasteiger partial charge in [0.2, 0.25) is 0 Å². The lowest BCUT2D eigenvalue weighted by Crippen LogP contribution is -2.29. The zero-order valence-electron chi connectivity index (χ0n) is 10.9. The predicted octanol–water partition coefficient (Wildman–Crippen LogP) is 2.57. The molecule has 0 unspecified atom stereocenters. The number of rotatable bonds is 4. The van der Waals surface area contributed by atoms with Crippen molar-refractivity contribution in [1.29, 1.82) is 0 Å². The fourth-order valence-corrected chi connectivity index (χ4v) is 1.59. The Balaban J connectivity index is 2.74. The molecular formula is C14H18ClN3O. The van der Waals surface area contributed by atoms with E-state index in [9.17, 15) is 4.79 Å². The fourth-order valence-electron chi connectivity index (χ4n) is 1.42. The summed E-state index contributed by atoms with van der Waals surface area (Å²) in [6.07, 6.45) is 1.99. The first-order chi connectivity index (χ1) is 9.17. The number of benzene rings is 1. The number of halogens is 1. The number of carbonyl (C=O) groups excluding carboxylic acids is 1. The molecule has 1 rings (SSSR count). The van der Waals surface area contributed by atoms with Crippen molar-refractivity contribution in [3.63, 3.8) is 0 Å². The van der Waals surface area contributed by atoms with Gasteiger partial charge in [-0.1, -0.05) is 36.8 Å². The van der Waals surface area contributed by atoms with Crippen LogP contribution in [0.25, 0.3) is 0 Å². The van der Waals surface area contributed by atoms with E-state index in [1.165, 1.54) is 0 Å². The molecule has 1 aromatic rings. The second kappa shape index (κ2) is 8.41. The third-order valence-electron chi connectivity index (χ3n) is 2.37. The van der Waals surface area contributed by atoms with Crippen LogP contribution in [0.1, 0.15) is 25.3 Å². The van der Waals surface area contributed by atoms with Crippen LogP contribution in [0.4, 0.5) is 10.5 Å². The van der Waals surface area contributed by atoms with Gasteiger partial charge in [-0.15, -0.1) is 0 Å². The molecule has 4 nitrogen and oxygen atoms in total. The van der Waals surface area contributed by atoms with E-state index in [4.69, 9.17) is 17.3 Å². The van der Waals surface area contributed by atoms with E-state index in [2.05, 4.69) is 29.4 Å². The van der Waals surface area contributed by atoms with Gasteiger partial charge in [-0.05, 0) is 24.6 Å². The summed E-state index contributed by atoms with van der Waals surface area (Å²) < 4.78 is 0. The normalized spacial score (nSPS) is 9.42. The molecule has 0 radical (unpaired) electrons. The molecule has 0 fully saturated rings. The SMILES string of the molecule is CCCCNC(=O)Nc1ccc(Cl)cc1C#CCN. The minimum atomic E-state index is -0.244. The molecule has 2 amide bonds. The zero-order valence-corrected chi connectivity index (χ0v) is 11.7. The molecule has 0 spiro atoms. The maximum atomic E-state index is 11.7. The molecule has 0 bridgehead atoms. The van der Waals surface area contributed by atoms with Crippen molar-refractivity contribution < 1.29 is 4.79 Å². The second-order valence-electron chi connectivity index (χ2n) is 3.93. The molecule has 0 aliphatic carbocycles. The molecule has 0 aromatic heterocycles. The van der Waals surface area contributed by atoms with Crippen LogP contribution in [0.5, 0.6) is 0 Å². The molecule has 102 valence electrons. The smallest absolute Gasteiger partial charge is 0.319 e. The summed E-state index contributed by atoms with van der Waals surface area (Å²) in [5, 5.41) is 6.10. The molecule has 5 heteroatoms. The lowest BCUT2D eigenvalue weighted by Gasteiger charge is -2.09. The first-order valence-corrected chi connectivity index (χ1v) is 6.58. The molecule has 0 aliphatic rings. The first-order valence-electron chi connectivity index (χ1n) is 6.20. The highest BCUT2D eigenvalue weighted by molar-refractivity contribution is 6.30. The second-order valence-corrected chi connectivity index (χ2v) is 4.37. The predicted molar refractivity (Wildman–Crippen MR) is 79.3 cm³/mol. The topological polar surface area (TPSA) is 67.2 Å². The maximum Gasteiger partial charge on any atom is 0.319 e. The van der Waals surface area contributed by atoms with Gasteiger partial charge >= 0.3 is 6.03 Å². The van der Waals surface area contributed by atoms with Crippen LogP contribution < -0.4 is 16.4 Å². The van der Waals surface area contributed by atoms with Crippen LogP contribution >= 0.6 is 11.6 Å². The summed E-state index contributed by atoms with van der Waals surface area (Å²) in [5.74, 6) is 5.63. The van der Waals surface area contributed by atoms with Crippen molar-refractivity contribution in [3.05, 3.63) is 28.8 Å². The highest BCUT2D eigenvalue weighted by Gasteiger charge is 2.05. The monoisotopic (exact) mass is 279 g/mol. The zero-order chi connectivity index (χ0) is 14.1. The van der Waals surface area contributed by atoms with Crippen molar-refractivity contribution in [2.75, 3.05) is 18.4 Å². The van der Waals surface area contributed by atoms with E-state index < -0.39 is 0 Å². The number of amides is 2. The Bertz CT molecular complexity index is 491. The van der Waals surface area contributed by atoms with Crippen LogP contribution in [-0.4, -0.2) is 19.1 Å². The first kappa shape index (κ1) is 15.4. The molecular weight excluding hydrogens is 262 g/mol. The molecule has 0 saturated carbocycles. The third-order valence-corrected chi connectivity index (χ3v) is 2.61. The number of hydrogen-bond acceptors (Lipinski definition) is 2. The fraction of sp³-hybridized carbons (Fsp3) is 0.357. The van der Waals surface area contributed by atoms with E-state index in [0.717, 1.165) is 12.8 Å². The summed E-state index contributed by atoms with van der Waals surface area (Å²) in [6, 6.07) is 4.89. The minimum absolute atomic E-state index is 0.244. The van der Waals surface area contributed by atoms with Gasteiger partial charge in [0.25, 0.3) is 0 Å². The highest BCUT2D eigenvalue weighted by Crippen LogP contribution is 2.19. The summed E-state index contributed by atoms with van der Waals surface area (Å²) >= 11 is 5.91. The van der Waals surface area contributed by atoms with Gasteiger partial charge in [0.05, 0.1) is 12.2 Å². The third kappa shape index (κ3) is 5.64. The largest absolute Gasteiger partial charge is 0.338 e. The van der Waals surface area contributed by atoms with Crippen LogP contribution in [0, 0.1) is 11.8 Å². The Morgan fingerprint density at radius 1 is 1.47 bits per heavy atom. The standard InChI is InChI=1S/C14H18ClN3O/c1-2-3-9-17-14(19)18-13-7-6-12(15)10-11(13)5-4-8-16/h6-7,10H,2-3,8-9,16H2,1H3,(H2,17,18,19). The van der Waals surface area contributed by atoms with Crippen LogP contribution in [-0.2, 0) is 0 Å². The molecule has 1 aromatic carbocycles. The lowest BCUT2D eigenvalue weighted by molar-refractivity contribution is 0.252. The van der Waals surface area contributed by atoms with Gasteiger partial charge in [-0.25, -0.2) is 4.79 Å². The lowest BCUT2D eigenvalue weighted by atomic mass is 10.2. The van der Waals surface area contributed by atoms with Gasteiger partial charge in [-0.2, -0.15) is 0 Å². The van der Waals surface area contributed by atoms with Crippen LogP contribution in [0.15, 0.2) is 18.2 Å². The summed E-state index contributed by atoms with van der Waals surface area (Å²) in [5.41, 5.74) is 6.62. The summed E-state index contributed by atoms with van der Waals surface area (Å²) in [6.45, 7) is 2.98. The Morgan fingerprint density at radius 2 is 2.26 bits per heavy atom. The van der Waals surface area contributed by atoms with Crippen molar-refractivity contribution in [2.45, 2.75) is 19.8 Å². The van der Waals surface area contributed by atoms with E-state index in [-0.39, 0.29) is 12.6 Å². The summed E-state index contributed by atoms with van der Waals surface area (Å²) in [7, 11) is 0. The minimum Gasteiger partial charge on any atom is -0.338 e. The quantitative estimate of drug-likeness (QED) is 0.586. The Hall–Kier alpha value is -1.70. The van der Waals surface area contributed by atoms with Crippen molar-refractivity contribution in [2.24, 2.45) is 5.73 Å². The van der Waals surface area contributed by atoms with E-state index in [1.54, 1.807) is 18.2 Å². The van der Waals surface area contributed by atoms with E-state index >= 15 is 0 Å². The average Bonchev–Trinajstić information content (AvgIpc) is 2.39. The Kier molecular flexibility index (Phi) is 6.80. The number of anilines is 1. The van der Waals surface area contributed by atoms with Gasteiger partial charge < -0.3 is 16.4 Å². The average molecular weight is 280 g/mol. The van der Waals surface area contributed by atoms with E-state index in [0.29, 0.717) is 22.8 Å². The van der Waals surface area contributed by atoms with E-state index in [1.807, 2.05) is 0 Å². The molecule has 0 atom stereocenters. The molecule has 0 saturated heterocycles. The van der Waals surface area contributed by atoms with Crippen molar-refractivity contribution in [1.82, 2.24) is 5.32 Å². The van der Waals surface area contributed by atoms with Gasteiger partial charge in [0, 0.05) is 17.1 Å². The number of nitrogens with two attached hydrogens (primary N) is 1. The number of carbonyl (C=O) groups is 1. The number of nitrogens with one attached hydrogen (secondary N) is 2.